The Morgan fingerprint density at radius 1 is 1.71 bits per heavy atom. The van der Waals surface area contributed by atoms with E-state index in [1.807, 2.05) is 16.7 Å². The molecule has 1 saturated heterocycles. The highest BCUT2D eigenvalue weighted by molar-refractivity contribution is 7.98. The maximum atomic E-state index is 11.5. The normalized spacial score (nSPS) is 24.4. The zero-order valence-corrected chi connectivity index (χ0v) is 9.72. The van der Waals surface area contributed by atoms with Crippen LogP contribution in [0.1, 0.15) is 13.3 Å². The molecule has 4 heteroatoms. The number of aliphatic hydroxyl groups excluding tert-OH is 1. The summed E-state index contributed by atoms with van der Waals surface area (Å²) >= 11 is 1.81. The fourth-order valence-corrected chi connectivity index (χ4v) is 2.54. The molecule has 2 unspecified atom stereocenters. The van der Waals surface area contributed by atoms with Gasteiger partial charge in [-0.05, 0) is 17.9 Å². The minimum Gasteiger partial charge on any atom is -0.396 e. The molecular formula is C10H19NO2S. The molecule has 0 aromatic heterocycles. The van der Waals surface area contributed by atoms with Crippen LogP contribution in [-0.2, 0) is 4.79 Å². The van der Waals surface area contributed by atoms with Gasteiger partial charge in [-0.25, -0.2) is 0 Å². The summed E-state index contributed by atoms with van der Waals surface area (Å²) in [5, 5.41) is 8.96. The lowest BCUT2D eigenvalue weighted by Crippen LogP contribution is -2.31. The number of likely N-dealkylation sites (tertiary alicyclic amines) is 1. The summed E-state index contributed by atoms with van der Waals surface area (Å²) in [5.74, 6) is 2.01. The Bertz CT molecular complexity index is 199. The average Bonchev–Trinajstić information content (AvgIpc) is 2.48. The van der Waals surface area contributed by atoms with Crippen molar-refractivity contribution in [1.82, 2.24) is 4.90 Å². The van der Waals surface area contributed by atoms with E-state index in [0.29, 0.717) is 12.3 Å². The maximum Gasteiger partial charge on any atom is 0.223 e. The van der Waals surface area contributed by atoms with E-state index in [-0.39, 0.29) is 18.4 Å². The Kier molecular flexibility index (Phi) is 4.75. The van der Waals surface area contributed by atoms with Crippen molar-refractivity contribution in [3.63, 3.8) is 0 Å². The fraction of sp³-hybridized carbons (Fsp3) is 0.900. The Balaban J connectivity index is 2.34. The second kappa shape index (κ2) is 5.61. The highest BCUT2D eigenvalue weighted by atomic mass is 32.2. The van der Waals surface area contributed by atoms with E-state index < -0.39 is 0 Å². The summed E-state index contributed by atoms with van der Waals surface area (Å²) in [4.78, 5) is 13.4. The Labute approximate surface area is 89.9 Å². The smallest absolute Gasteiger partial charge is 0.223 e. The van der Waals surface area contributed by atoms with Crippen molar-refractivity contribution in [2.45, 2.75) is 13.3 Å². The first-order valence-corrected chi connectivity index (χ1v) is 6.44. The standard InChI is InChI=1S/C10H19NO2S/c1-8(7-14-2)4-11-5-9(6-12)3-10(11)13/h8-9,12H,3-7H2,1-2H3. The van der Waals surface area contributed by atoms with E-state index in [1.165, 1.54) is 0 Å². The molecule has 1 heterocycles. The van der Waals surface area contributed by atoms with Crippen LogP contribution >= 0.6 is 11.8 Å². The van der Waals surface area contributed by atoms with Crippen LogP contribution in [0.5, 0.6) is 0 Å². The zero-order chi connectivity index (χ0) is 10.6. The maximum absolute atomic E-state index is 11.5. The largest absolute Gasteiger partial charge is 0.396 e. The van der Waals surface area contributed by atoms with Crippen molar-refractivity contribution in [2.24, 2.45) is 11.8 Å². The minimum absolute atomic E-state index is 0.138. The Hall–Kier alpha value is -0.220. The molecule has 1 aliphatic rings. The van der Waals surface area contributed by atoms with Gasteiger partial charge >= 0.3 is 0 Å². The zero-order valence-electron chi connectivity index (χ0n) is 8.90. The lowest BCUT2D eigenvalue weighted by molar-refractivity contribution is -0.128. The first kappa shape index (κ1) is 11.9. The van der Waals surface area contributed by atoms with Crippen LogP contribution in [0.3, 0.4) is 0 Å². The molecule has 0 radical (unpaired) electrons. The number of carbonyl (C=O) groups excluding carboxylic acids is 1. The molecule has 1 fully saturated rings. The third-order valence-electron chi connectivity index (χ3n) is 2.54. The molecule has 82 valence electrons. The third-order valence-corrected chi connectivity index (χ3v) is 3.44. The summed E-state index contributed by atoms with van der Waals surface area (Å²) in [5.41, 5.74) is 0. The van der Waals surface area contributed by atoms with E-state index in [2.05, 4.69) is 13.2 Å². The summed E-state index contributed by atoms with van der Waals surface area (Å²) in [6.07, 6.45) is 2.61. The number of aliphatic hydroxyl groups is 1. The predicted octanol–water partition coefficient (Wildman–Crippen LogP) is 0.826. The molecule has 0 aromatic carbocycles. The quantitative estimate of drug-likeness (QED) is 0.741. The minimum atomic E-state index is 0.138. The van der Waals surface area contributed by atoms with Gasteiger partial charge in [0.15, 0.2) is 0 Å². The average molecular weight is 217 g/mol. The molecule has 14 heavy (non-hydrogen) atoms. The molecule has 2 atom stereocenters. The topological polar surface area (TPSA) is 40.5 Å². The highest BCUT2D eigenvalue weighted by Gasteiger charge is 2.29. The molecule has 1 aliphatic heterocycles. The SMILES string of the molecule is CSCC(C)CN1CC(CO)CC1=O. The Morgan fingerprint density at radius 2 is 2.43 bits per heavy atom. The van der Waals surface area contributed by atoms with E-state index >= 15 is 0 Å². The van der Waals surface area contributed by atoms with Gasteiger partial charge in [-0.1, -0.05) is 6.92 Å². The number of nitrogens with zero attached hydrogens (tertiary/aromatic N) is 1. The van der Waals surface area contributed by atoms with Crippen LogP contribution in [-0.4, -0.2) is 47.6 Å². The van der Waals surface area contributed by atoms with Crippen molar-refractivity contribution in [3.05, 3.63) is 0 Å². The molecule has 1 amide bonds. The van der Waals surface area contributed by atoms with E-state index in [4.69, 9.17) is 5.11 Å². The molecule has 1 N–H and O–H groups in total. The lowest BCUT2D eigenvalue weighted by atomic mass is 10.1. The van der Waals surface area contributed by atoms with Crippen LogP contribution in [0, 0.1) is 11.8 Å². The van der Waals surface area contributed by atoms with Crippen LogP contribution < -0.4 is 0 Å². The number of carbonyl (C=O) groups is 1. The second-order valence-electron chi connectivity index (χ2n) is 4.11. The molecule has 0 bridgehead atoms. The summed E-state index contributed by atoms with van der Waals surface area (Å²) in [6.45, 7) is 3.89. The summed E-state index contributed by atoms with van der Waals surface area (Å²) in [7, 11) is 0. The van der Waals surface area contributed by atoms with Gasteiger partial charge in [-0.3, -0.25) is 4.79 Å². The first-order chi connectivity index (χ1) is 6.67. The van der Waals surface area contributed by atoms with Gasteiger partial charge in [-0.2, -0.15) is 11.8 Å². The molecule has 0 aromatic rings. The fourth-order valence-electron chi connectivity index (χ4n) is 1.87. The molecule has 3 nitrogen and oxygen atoms in total. The first-order valence-electron chi connectivity index (χ1n) is 5.05. The number of hydrogen-bond donors (Lipinski definition) is 1. The molecule has 0 aliphatic carbocycles. The van der Waals surface area contributed by atoms with Crippen molar-refractivity contribution in [1.29, 1.82) is 0 Å². The van der Waals surface area contributed by atoms with Gasteiger partial charge in [0.2, 0.25) is 5.91 Å². The van der Waals surface area contributed by atoms with Crippen LogP contribution in [0.4, 0.5) is 0 Å². The highest BCUT2D eigenvalue weighted by Crippen LogP contribution is 2.19. The van der Waals surface area contributed by atoms with Gasteiger partial charge < -0.3 is 10.0 Å². The van der Waals surface area contributed by atoms with Crippen molar-refractivity contribution in [3.8, 4) is 0 Å². The number of amides is 1. The third kappa shape index (κ3) is 3.17. The van der Waals surface area contributed by atoms with Crippen molar-refractivity contribution < 1.29 is 9.90 Å². The van der Waals surface area contributed by atoms with Crippen LogP contribution in [0.2, 0.25) is 0 Å². The van der Waals surface area contributed by atoms with Crippen LogP contribution in [0.15, 0.2) is 0 Å². The molecule has 0 saturated carbocycles. The van der Waals surface area contributed by atoms with E-state index in [9.17, 15) is 4.79 Å². The van der Waals surface area contributed by atoms with Crippen molar-refractivity contribution in [2.75, 3.05) is 31.7 Å². The van der Waals surface area contributed by atoms with E-state index in [0.717, 1.165) is 18.8 Å². The second-order valence-corrected chi connectivity index (χ2v) is 5.02. The van der Waals surface area contributed by atoms with E-state index in [1.54, 1.807) is 0 Å². The summed E-state index contributed by atoms with van der Waals surface area (Å²) in [6, 6.07) is 0. The summed E-state index contributed by atoms with van der Waals surface area (Å²) < 4.78 is 0. The monoisotopic (exact) mass is 217 g/mol. The van der Waals surface area contributed by atoms with Crippen LogP contribution in [0.25, 0.3) is 0 Å². The number of rotatable bonds is 5. The van der Waals surface area contributed by atoms with Gasteiger partial charge in [0.25, 0.3) is 0 Å². The number of thioether (sulfide) groups is 1. The van der Waals surface area contributed by atoms with Gasteiger partial charge in [-0.15, -0.1) is 0 Å². The molecular weight excluding hydrogens is 198 g/mol. The molecule has 1 rings (SSSR count). The Morgan fingerprint density at radius 3 is 2.93 bits per heavy atom. The predicted molar refractivity (Wildman–Crippen MR) is 59.3 cm³/mol. The number of hydrogen-bond acceptors (Lipinski definition) is 3. The van der Waals surface area contributed by atoms with Gasteiger partial charge in [0.05, 0.1) is 0 Å². The van der Waals surface area contributed by atoms with Gasteiger partial charge in [0, 0.05) is 32.0 Å². The van der Waals surface area contributed by atoms with Gasteiger partial charge in [0.1, 0.15) is 0 Å². The lowest BCUT2D eigenvalue weighted by Gasteiger charge is -2.20. The molecule has 0 spiro atoms. The van der Waals surface area contributed by atoms with Crippen molar-refractivity contribution >= 4 is 17.7 Å².